The first kappa shape index (κ1) is 22.6. The minimum absolute atomic E-state index is 0.0800. The van der Waals surface area contributed by atoms with E-state index >= 15 is 0 Å². The minimum atomic E-state index is -3.67. The molecule has 0 aromatic heterocycles. The van der Waals surface area contributed by atoms with Crippen LogP contribution < -0.4 is 20.1 Å². The zero-order valence-corrected chi connectivity index (χ0v) is 18.5. The summed E-state index contributed by atoms with van der Waals surface area (Å²) in [5.74, 6) is -0.0620. The predicted octanol–water partition coefficient (Wildman–Crippen LogP) is 3.24. The average molecular weight is 447 g/mol. The lowest BCUT2D eigenvalue weighted by Crippen LogP contribution is -2.27. The average Bonchev–Trinajstić information content (AvgIpc) is 2.71. The molecule has 9 heteroatoms. The van der Waals surface area contributed by atoms with E-state index in [0.29, 0.717) is 36.1 Å². The number of carbonyl (C=O) groups is 2. The van der Waals surface area contributed by atoms with Gasteiger partial charge in [-0.2, -0.15) is 0 Å². The van der Waals surface area contributed by atoms with Crippen LogP contribution in [0.5, 0.6) is 11.5 Å². The van der Waals surface area contributed by atoms with Gasteiger partial charge in [0.2, 0.25) is 11.8 Å². The summed E-state index contributed by atoms with van der Waals surface area (Å²) >= 11 is 0. The Morgan fingerprint density at radius 2 is 1.58 bits per heavy atom. The molecule has 0 unspecified atom stereocenters. The smallest absolute Gasteiger partial charge is 0.229 e. The Bertz CT molecular complexity index is 1090. The van der Waals surface area contributed by atoms with Crippen molar-refractivity contribution in [1.29, 1.82) is 0 Å². The molecule has 8 nitrogen and oxygen atoms in total. The molecule has 2 aromatic carbocycles. The number of carbonyl (C=O) groups excluding carboxylic acids is 2. The van der Waals surface area contributed by atoms with Gasteiger partial charge in [0.25, 0.3) is 0 Å². The van der Waals surface area contributed by atoms with Crippen LogP contribution >= 0.6 is 0 Å². The predicted molar refractivity (Wildman–Crippen MR) is 117 cm³/mol. The van der Waals surface area contributed by atoms with Gasteiger partial charge in [-0.15, -0.1) is 0 Å². The van der Waals surface area contributed by atoms with Crippen LogP contribution in [-0.2, 0) is 19.4 Å². The molecular weight excluding hydrogens is 420 g/mol. The maximum Gasteiger partial charge on any atom is 0.229 e. The van der Waals surface area contributed by atoms with Gasteiger partial charge in [-0.3, -0.25) is 9.59 Å². The molecule has 2 amide bonds. The van der Waals surface area contributed by atoms with E-state index in [4.69, 9.17) is 9.47 Å². The third kappa shape index (κ3) is 5.97. The molecule has 0 spiro atoms. The van der Waals surface area contributed by atoms with Crippen LogP contribution in [0.25, 0.3) is 0 Å². The van der Waals surface area contributed by atoms with Crippen LogP contribution in [0.1, 0.15) is 27.2 Å². The number of ether oxygens (including phenoxy) is 2. The number of sulfone groups is 1. The van der Waals surface area contributed by atoms with Crippen molar-refractivity contribution < 1.29 is 27.5 Å². The number of amides is 2. The number of benzene rings is 2. The molecule has 166 valence electrons. The Balaban J connectivity index is 1.60. The number of hydrogen-bond donors (Lipinski definition) is 2. The molecule has 0 radical (unpaired) electrons. The minimum Gasteiger partial charge on any atom is -0.486 e. The van der Waals surface area contributed by atoms with E-state index in [9.17, 15) is 18.0 Å². The van der Waals surface area contributed by atoms with E-state index in [1.54, 1.807) is 51.1 Å². The molecule has 0 bridgehead atoms. The van der Waals surface area contributed by atoms with Crippen molar-refractivity contribution in [1.82, 2.24) is 0 Å². The van der Waals surface area contributed by atoms with Gasteiger partial charge in [0.05, 0.1) is 10.6 Å². The summed E-state index contributed by atoms with van der Waals surface area (Å²) in [5.41, 5.74) is 0.455. The summed E-state index contributed by atoms with van der Waals surface area (Å²) in [4.78, 5) is 24.5. The Morgan fingerprint density at radius 1 is 0.935 bits per heavy atom. The first-order valence-corrected chi connectivity index (χ1v) is 11.5. The fraction of sp³-hybridized carbons (Fsp3) is 0.364. The molecule has 0 atom stereocenters. The molecule has 2 N–H and O–H groups in total. The van der Waals surface area contributed by atoms with Crippen LogP contribution in [0.2, 0.25) is 0 Å². The zero-order valence-electron chi connectivity index (χ0n) is 17.7. The van der Waals surface area contributed by atoms with E-state index in [0.717, 1.165) is 0 Å². The SMILES string of the molecule is CC(C)(C)C(=O)Nc1cccc(NC(=O)CCS(=O)(=O)c2ccc3c(c2)OCCO3)c1. The molecule has 0 fully saturated rings. The molecule has 3 rings (SSSR count). The molecule has 2 aromatic rings. The molecular formula is C22H26N2O6S. The van der Waals surface area contributed by atoms with Gasteiger partial charge < -0.3 is 20.1 Å². The highest BCUT2D eigenvalue weighted by Gasteiger charge is 2.22. The van der Waals surface area contributed by atoms with E-state index in [2.05, 4.69) is 10.6 Å². The maximum absolute atomic E-state index is 12.6. The topological polar surface area (TPSA) is 111 Å². The second-order valence-corrected chi connectivity index (χ2v) is 10.3. The van der Waals surface area contributed by atoms with Gasteiger partial charge in [0.1, 0.15) is 13.2 Å². The van der Waals surface area contributed by atoms with Crippen molar-refractivity contribution in [2.45, 2.75) is 32.1 Å². The van der Waals surface area contributed by atoms with Crippen molar-refractivity contribution in [2.24, 2.45) is 5.41 Å². The summed E-state index contributed by atoms with van der Waals surface area (Å²) in [6.07, 6.45) is -0.213. The standard InChI is InChI=1S/C22H26N2O6S/c1-22(2,3)21(26)24-16-6-4-5-15(13-16)23-20(25)9-12-31(27,28)17-7-8-18-19(14-17)30-11-10-29-18/h4-8,13-14H,9-12H2,1-3H3,(H,23,25)(H,24,26). The Kier molecular flexibility index (Phi) is 6.54. The lowest BCUT2D eigenvalue weighted by Gasteiger charge is -2.18. The maximum atomic E-state index is 12.6. The normalized spacial score (nSPS) is 13.4. The van der Waals surface area contributed by atoms with Crippen molar-refractivity contribution in [2.75, 3.05) is 29.6 Å². The summed E-state index contributed by atoms with van der Waals surface area (Å²) in [5, 5.41) is 5.46. The number of fused-ring (bicyclic) bond motifs is 1. The van der Waals surface area contributed by atoms with E-state index in [-0.39, 0.29) is 23.0 Å². The molecule has 31 heavy (non-hydrogen) atoms. The van der Waals surface area contributed by atoms with Crippen LogP contribution in [0.4, 0.5) is 11.4 Å². The van der Waals surface area contributed by atoms with Gasteiger partial charge in [-0.05, 0) is 30.3 Å². The van der Waals surface area contributed by atoms with Crippen molar-refractivity contribution in [3.05, 3.63) is 42.5 Å². The summed E-state index contributed by atoms with van der Waals surface area (Å²) in [6, 6.07) is 11.1. The third-order valence-corrected chi connectivity index (χ3v) is 6.27. The lowest BCUT2D eigenvalue weighted by molar-refractivity contribution is -0.123. The van der Waals surface area contributed by atoms with Gasteiger partial charge in [0, 0.05) is 29.3 Å². The Labute approximate surface area is 181 Å². The first-order valence-electron chi connectivity index (χ1n) is 9.88. The van der Waals surface area contributed by atoms with Crippen LogP contribution in [0, 0.1) is 5.41 Å². The number of hydrogen-bond acceptors (Lipinski definition) is 6. The number of nitrogens with one attached hydrogen (secondary N) is 2. The fourth-order valence-corrected chi connectivity index (χ4v) is 4.03. The second kappa shape index (κ2) is 8.97. The zero-order chi connectivity index (χ0) is 22.6. The molecule has 1 aliphatic heterocycles. The Morgan fingerprint density at radius 3 is 2.26 bits per heavy atom. The van der Waals surface area contributed by atoms with Crippen LogP contribution in [0.3, 0.4) is 0 Å². The summed E-state index contributed by atoms with van der Waals surface area (Å²) in [7, 11) is -3.67. The molecule has 0 aliphatic carbocycles. The highest BCUT2D eigenvalue weighted by atomic mass is 32.2. The largest absolute Gasteiger partial charge is 0.486 e. The highest BCUT2D eigenvalue weighted by Crippen LogP contribution is 2.32. The number of anilines is 2. The molecule has 0 saturated carbocycles. The summed E-state index contributed by atoms with van der Waals surface area (Å²) in [6.45, 7) is 6.18. The van der Waals surface area contributed by atoms with Gasteiger partial charge >= 0.3 is 0 Å². The van der Waals surface area contributed by atoms with E-state index in [1.165, 1.54) is 12.1 Å². The number of rotatable bonds is 6. The summed E-state index contributed by atoms with van der Waals surface area (Å²) < 4.78 is 36.1. The fourth-order valence-electron chi connectivity index (χ4n) is 2.78. The van der Waals surface area contributed by atoms with Gasteiger partial charge in [-0.1, -0.05) is 26.8 Å². The van der Waals surface area contributed by atoms with Crippen molar-refractivity contribution in [3.63, 3.8) is 0 Å². The monoisotopic (exact) mass is 446 g/mol. The quantitative estimate of drug-likeness (QED) is 0.705. The second-order valence-electron chi connectivity index (χ2n) is 8.21. The van der Waals surface area contributed by atoms with Gasteiger partial charge in [-0.25, -0.2) is 8.42 Å². The lowest BCUT2D eigenvalue weighted by atomic mass is 9.95. The van der Waals surface area contributed by atoms with Gasteiger partial charge in [0.15, 0.2) is 21.3 Å². The van der Waals surface area contributed by atoms with Crippen molar-refractivity contribution >= 4 is 33.0 Å². The van der Waals surface area contributed by atoms with E-state index < -0.39 is 21.2 Å². The highest BCUT2D eigenvalue weighted by molar-refractivity contribution is 7.91. The van der Waals surface area contributed by atoms with Crippen molar-refractivity contribution in [3.8, 4) is 11.5 Å². The van der Waals surface area contributed by atoms with Crippen LogP contribution in [0.15, 0.2) is 47.4 Å². The molecule has 1 aliphatic rings. The Hall–Kier alpha value is -3.07. The van der Waals surface area contributed by atoms with Crippen LogP contribution in [-0.4, -0.2) is 39.2 Å². The first-order chi connectivity index (χ1) is 14.5. The third-order valence-electron chi connectivity index (χ3n) is 4.56. The molecule has 0 saturated heterocycles. The van der Waals surface area contributed by atoms with E-state index in [1.807, 2.05) is 0 Å². The molecule has 1 heterocycles.